The number of nitrogens with zero attached hydrogens (tertiary/aromatic N) is 4. The Morgan fingerprint density at radius 3 is 2.75 bits per heavy atom. The second kappa shape index (κ2) is 8.43. The van der Waals surface area contributed by atoms with Crippen molar-refractivity contribution in [3.8, 4) is 22.0 Å². The lowest BCUT2D eigenvalue weighted by molar-refractivity contribution is 0.731. The third-order valence-electron chi connectivity index (χ3n) is 4.29. The number of allylic oxidation sites excluding steroid dienone is 1. The van der Waals surface area contributed by atoms with Gasteiger partial charge in [-0.3, -0.25) is 4.57 Å². The highest BCUT2D eigenvalue weighted by Crippen LogP contribution is 2.31. The van der Waals surface area contributed by atoms with Gasteiger partial charge in [-0.2, -0.15) is 0 Å². The number of hydrogen-bond acceptors (Lipinski definition) is 6. The molecule has 0 unspecified atom stereocenters. The van der Waals surface area contributed by atoms with Crippen molar-refractivity contribution in [1.29, 1.82) is 0 Å². The minimum atomic E-state index is 0.686. The Bertz CT molecular complexity index is 1110. The minimum Gasteiger partial charge on any atom is -0.298 e. The molecule has 142 valence electrons. The third-order valence-corrected chi connectivity index (χ3v) is 7.08. The fourth-order valence-electron chi connectivity index (χ4n) is 2.91. The van der Waals surface area contributed by atoms with E-state index < -0.39 is 0 Å². The molecular formula is C21H20N4S3. The first kappa shape index (κ1) is 19.1. The molecule has 0 amide bonds. The van der Waals surface area contributed by atoms with Crippen LogP contribution < -0.4 is 0 Å². The van der Waals surface area contributed by atoms with Gasteiger partial charge in [0, 0.05) is 39.1 Å². The number of thioether (sulfide) groups is 1. The monoisotopic (exact) mass is 424 g/mol. The number of thiophene rings is 1. The van der Waals surface area contributed by atoms with Gasteiger partial charge in [0.25, 0.3) is 0 Å². The summed E-state index contributed by atoms with van der Waals surface area (Å²) in [6, 6.07) is 10.5. The zero-order chi connectivity index (χ0) is 19.5. The van der Waals surface area contributed by atoms with Crippen molar-refractivity contribution in [2.45, 2.75) is 31.3 Å². The van der Waals surface area contributed by atoms with Crippen molar-refractivity contribution < 1.29 is 0 Å². The molecule has 0 N–H and O–H groups in total. The lowest BCUT2D eigenvalue weighted by Gasteiger charge is -2.06. The average molecular weight is 425 g/mol. The Labute approximate surface area is 177 Å². The van der Waals surface area contributed by atoms with E-state index in [4.69, 9.17) is 4.98 Å². The molecule has 4 nitrogen and oxygen atoms in total. The average Bonchev–Trinajstić information content (AvgIpc) is 3.41. The molecule has 7 heteroatoms. The van der Waals surface area contributed by atoms with Gasteiger partial charge in [0.1, 0.15) is 5.01 Å². The second-order valence-corrected chi connectivity index (χ2v) is 9.32. The normalized spacial score (nSPS) is 11.1. The Balaban J connectivity index is 1.53. The number of benzene rings is 1. The molecule has 0 bridgehead atoms. The first-order valence-electron chi connectivity index (χ1n) is 8.88. The maximum absolute atomic E-state index is 4.82. The van der Waals surface area contributed by atoms with Crippen molar-refractivity contribution in [3.05, 3.63) is 69.9 Å². The van der Waals surface area contributed by atoms with Gasteiger partial charge in [-0.05, 0) is 25.5 Å². The van der Waals surface area contributed by atoms with Crippen molar-refractivity contribution in [2.75, 3.05) is 0 Å². The van der Waals surface area contributed by atoms with Crippen LogP contribution in [0, 0.1) is 13.8 Å². The van der Waals surface area contributed by atoms with E-state index in [0.717, 1.165) is 33.0 Å². The number of rotatable bonds is 7. The summed E-state index contributed by atoms with van der Waals surface area (Å²) in [5, 5.41) is 15.1. The van der Waals surface area contributed by atoms with Gasteiger partial charge in [0.2, 0.25) is 0 Å². The lowest BCUT2D eigenvalue weighted by Crippen LogP contribution is -2.00. The van der Waals surface area contributed by atoms with E-state index in [-0.39, 0.29) is 0 Å². The molecule has 28 heavy (non-hydrogen) atoms. The molecule has 1 aromatic carbocycles. The molecule has 0 fully saturated rings. The van der Waals surface area contributed by atoms with Gasteiger partial charge in [-0.25, -0.2) is 4.98 Å². The van der Waals surface area contributed by atoms with Crippen LogP contribution >= 0.6 is 34.4 Å². The summed E-state index contributed by atoms with van der Waals surface area (Å²) in [4.78, 5) is 6.09. The second-order valence-electron chi connectivity index (χ2n) is 6.40. The molecule has 0 aliphatic carbocycles. The van der Waals surface area contributed by atoms with Crippen LogP contribution in [0.2, 0.25) is 0 Å². The molecule has 0 aliphatic rings. The summed E-state index contributed by atoms with van der Waals surface area (Å²) >= 11 is 5.08. The summed E-state index contributed by atoms with van der Waals surface area (Å²) in [6.07, 6.45) is 1.88. The maximum Gasteiger partial charge on any atom is 0.192 e. The summed E-state index contributed by atoms with van der Waals surface area (Å²) in [5.74, 6) is 1.66. The van der Waals surface area contributed by atoms with Crippen molar-refractivity contribution in [1.82, 2.24) is 19.7 Å². The van der Waals surface area contributed by atoms with Gasteiger partial charge < -0.3 is 0 Å². The van der Waals surface area contributed by atoms with Crippen LogP contribution in [0.1, 0.15) is 16.1 Å². The van der Waals surface area contributed by atoms with Crippen LogP contribution in [-0.2, 0) is 12.3 Å². The summed E-state index contributed by atoms with van der Waals surface area (Å²) in [6.45, 7) is 8.80. The van der Waals surface area contributed by atoms with Crippen LogP contribution in [-0.4, -0.2) is 19.7 Å². The standard InChI is InChI=1S/C21H20N4S3/c1-4-9-25-19(16-10-15(3)26-11-16)23-24-21(25)28-13-17-12-27-20(22-17)18-8-6-5-7-14(18)2/h4-8,10-12H,1,9,13H2,2-3H3. The van der Waals surface area contributed by atoms with Crippen LogP contribution in [0.5, 0.6) is 0 Å². The molecule has 0 atom stereocenters. The summed E-state index contributed by atoms with van der Waals surface area (Å²) in [7, 11) is 0. The molecule has 0 spiro atoms. The molecule has 3 heterocycles. The van der Waals surface area contributed by atoms with E-state index in [9.17, 15) is 0 Å². The number of aromatic nitrogens is 4. The van der Waals surface area contributed by atoms with E-state index in [2.05, 4.69) is 76.3 Å². The number of hydrogen-bond donors (Lipinski definition) is 0. The van der Waals surface area contributed by atoms with Crippen LogP contribution in [0.15, 0.2) is 58.9 Å². The molecule has 0 saturated heterocycles. The summed E-state index contributed by atoms with van der Waals surface area (Å²) in [5.41, 5.74) is 4.62. The molecular weight excluding hydrogens is 404 g/mol. The lowest BCUT2D eigenvalue weighted by atomic mass is 10.1. The Kier molecular flexibility index (Phi) is 5.75. The molecule has 4 rings (SSSR count). The van der Waals surface area contributed by atoms with E-state index in [1.807, 2.05) is 6.08 Å². The summed E-state index contributed by atoms with van der Waals surface area (Å²) < 4.78 is 2.12. The molecule has 0 saturated carbocycles. The highest BCUT2D eigenvalue weighted by atomic mass is 32.2. The van der Waals surface area contributed by atoms with E-state index in [0.29, 0.717) is 6.54 Å². The zero-order valence-electron chi connectivity index (χ0n) is 15.8. The number of aryl methyl sites for hydroxylation is 2. The molecule has 3 aromatic heterocycles. The zero-order valence-corrected chi connectivity index (χ0v) is 18.2. The van der Waals surface area contributed by atoms with Gasteiger partial charge in [0.05, 0.1) is 5.69 Å². The van der Waals surface area contributed by atoms with Crippen molar-refractivity contribution in [2.24, 2.45) is 0 Å². The van der Waals surface area contributed by atoms with Gasteiger partial charge in [-0.15, -0.1) is 39.4 Å². The quantitative estimate of drug-likeness (QED) is 0.261. The maximum atomic E-state index is 4.82. The van der Waals surface area contributed by atoms with E-state index >= 15 is 0 Å². The van der Waals surface area contributed by atoms with Gasteiger partial charge >= 0.3 is 0 Å². The fourth-order valence-corrected chi connectivity index (χ4v) is 5.45. The highest BCUT2D eigenvalue weighted by Gasteiger charge is 2.15. The largest absolute Gasteiger partial charge is 0.298 e. The Morgan fingerprint density at radius 2 is 2.00 bits per heavy atom. The van der Waals surface area contributed by atoms with Crippen LogP contribution in [0.4, 0.5) is 0 Å². The SMILES string of the molecule is C=CCn1c(SCc2csc(-c3ccccc3C)n2)nnc1-c1csc(C)c1. The van der Waals surface area contributed by atoms with Crippen molar-refractivity contribution >= 4 is 34.4 Å². The smallest absolute Gasteiger partial charge is 0.192 e. The van der Waals surface area contributed by atoms with E-state index in [1.165, 1.54) is 16.0 Å². The Morgan fingerprint density at radius 1 is 1.14 bits per heavy atom. The van der Waals surface area contributed by atoms with Crippen molar-refractivity contribution in [3.63, 3.8) is 0 Å². The fraction of sp³-hybridized carbons (Fsp3) is 0.190. The third kappa shape index (κ3) is 3.97. The molecule has 0 radical (unpaired) electrons. The minimum absolute atomic E-state index is 0.686. The predicted octanol–water partition coefficient (Wildman–Crippen LogP) is 6.23. The molecule has 4 aromatic rings. The first-order chi connectivity index (χ1) is 13.7. The highest BCUT2D eigenvalue weighted by molar-refractivity contribution is 7.98. The first-order valence-corrected chi connectivity index (χ1v) is 11.6. The van der Waals surface area contributed by atoms with Gasteiger partial charge in [0.15, 0.2) is 11.0 Å². The molecule has 0 aliphatic heterocycles. The topological polar surface area (TPSA) is 43.6 Å². The van der Waals surface area contributed by atoms with Crippen LogP contribution in [0.3, 0.4) is 0 Å². The van der Waals surface area contributed by atoms with E-state index in [1.54, 1.807) is 34.4 Å². The number of thiazole rings is 1. The van der Waals surface area contributed by atoms with Gasteiger partial charge in [-0.1, -0.05) is 42.1 Å². The Hall–Kier alpha value is -2.22. The predicted molar refractivity (Wildman–Crippen MR) is 120 cm³/mol. The van der Waals surface area contributed by atoms with Crippen LogP contribution in [0.25, 0.3) is 22.0 Å².